The van der Waals surface area contributed by atoms with Crippen molar-refractivity contribution in [2.45, 2.75) is 44.7 Å². The van der Waals surface area contributed by atoms with Gasteiger partial charge in [0, 0.05) is 12.6 Å². The topological polar surface area (TPSA) is 15.3 Å². The van der Waals surface area contributed by atoms with E-state index in [2.05, 4.69) is 44.6 Å². The van der Waals surface area contributed by atoms with Crippen LogP contribution in [0.5, 0.6) is 0 Å². The third-order valence-corrected chi connectivity index (χ3v) is 4.85. The largest absolute Gasteiger partial charge is 0.314 e. The van der Waals surface area contributed by atoms with Crippen LogP contribution in [0.3, 0.4) is 0 Å². The number of rotatable bonds is 9. The fourth-order valence-electron chi connectivity index (χ4n) is 2.10. The zero-order valence-corrected chi connectivity index (χ0v) is 13.5. The molecule has 0 bridgehead atoms. The van der Waals surface area contributed by atoms with Crippen LogP contribution >= 0.6 is 27.3 Å². The second-order valence-electron chi connectivity index (χ2n) is 5.29. The van der Waals surface area contributed by atoms with E-state index in [4.69, 9.17) is 0 Å². The zero-order valence-electron chi connectivity index (χ0n) is 11.1. The molecular formula is C14H23BrN2S. The van der Waals surface area contributed by atoms with E-state index < -0.39 is 0 Å². The van der Waals surface area contributed by atoms with Gasteiger partial charge in [0.15, 0.2) is 0 Å². The van der Waals surface area contributed by atoms with Gasteiger partial charge in [-0.15, -0.1) is 11.3 Å². The second kappa shape index (κ2) is 7.63. The number of thiophene rings is 1. The number of unbranched alkanes of at least 4 members (excludes halogenated alkanes) is 2. The van der Waals surface area contributed by atoms with Crippen LogP contribution in [0.25, 0.3) is 0 Å². The number of hydrogen-bond acceptors (Lipinski definition) is 3. The maximum atomic E-state index is 3.57. The van der Waals surface area contributed by atoms with Crippen molar-refractivity contribution in [3.63, 3.8) is 0 Å². The van der Waals surface area contributed by atoms with Gasteiger partial charge in [0.05, 0.1) is 3.79 Å². The van der Waals surface area contributed by atoms with Crippen LogP contribution in [0, 0.1) is 0 Å². The van der Waals surface area contributed by atoms with Gasteiger partial charge in [0.2, 0.25) is 0 Å². The van der Waals surface area contributed by atoms with E-state index in [1.807, 2.05) is 0 Å². The minimum atomic E-state index is 0.865. The van der Waals surface area contributed by atoms with Crippen LogP contribution in [0.15, 0.2) is 15.2 Å². The summed E-state index contributed by atoms with van der Waals surface area (Å²) in [6.07, 6.45) is 6.79. The summed E-state index contributed by atoms with van der Waals surface area (Å²) in [4.78, 5) is 2.42. The molecule has 0 atom stereocenters. The van der Waals surface area contributed by atoms with Crippen LogP contribution in [0.2, 0.25) is 0 Å². The van der Waals surface area contributed by atoms with Gasteiger partial charge in [-0.05, 0) is 78.8 Å². The molecule has 1 N–H and O–H groups in total. The predicted molar refractivity (Wildman–Crippen MR) is 83.2 cm³/mol. The van der Waals surface area contributed by atoms with Crippen LogP contribution in [0.4, 0.5) is 0 Å². The van der Waals surface area contributed by atoms with Crippen molar-refractivity contribution in [3.05, 3.63) is 20.8 Å². The fourth-order valence-corrected chi connectivity index (χ4v) is 3.30. The molecule has 0 aromatic carbocycles. The fraction of sp³-hybridized carbons (Fsp3) is 0.714. The standard InChI is InChI=1S/C14H23BrN2S/c1-17(10-12-9-14(15)18-11-12)8-4-2-3-7-16-13-5-6-13/h9,11,13,16H,2-8,10H2,1H3. The highest BCUT2D eigenvalue weighted by Gasteiger charge is 2.19. The van der Waals surface area contributed by atoms with Gasteiger partial charge in [-0.25, -0.2) is 0 Å². The molecule has 0 amide bonds. The van der Waals surface area contributed by atoms with Crippen molar-refractivity contribution in [1.29, 1.82) is 0 Å². The van der Waals surface area contributed by atoms with Gasteiger partial charge in [-0.2, -0.15) is 0 Å². The Kier molecular flexibility index (Phi) is 6.15. The summed E-state index contributed by atoms with van der Waals surface area (Å²) < 4.78 is 1.23. The van der Waals surface area contributed by atoms with Crippen molar-refractivity contribution in [2.24, 2.45) is 0 Å². The summed E-state index contributed by atoms with van der Waals surface area (Å²) in [6.45, 7) is 3.49. The number of hydrogen-bond donors (Lipinski definition) is 1. The summed E-state index contributed by atoms with van der Waals surface area (Å²) in [5.74, 6) is 0. The summed E-state index contributed by atoms with van der Waals surface area (Å²) in [7, 11) is 2.22. The monoisotopic (exact) mass is 330 g/mol. The minimum Gasteiger partial charge on any atom is -0.314 e. The highest BCUT2D eigenvalue weighted by molar-refractivity contribution is 9.11. The molecule has 102 valence electrons. The van der Waals surface area contributed by atoms with Gasteiger partial charge in [0.1, 0.15) is 0 Å². The Balaban J connectivity index is 1.47. The molecule has 1 saturated carbocycles. The molecule has 1 aromatic rings. The minimum absolute atomic E-state index is 0.865. The third kappa shape index (κ3) is 5.83. The van der Waals surface area contributed by atoms with Crippen molar-refractivity contribution in [2.75, 3.05) is 20.1 Å². The van der Waals surface area contributed by atoms with E-state index in [1.54, 1.807) is 11.3 Å². The molecule has 0 radical (unpaired) electrons. The normalized spacial score (nSPS) is 15.5. The van der Waals surface area contributed by atoms with Crippen molar-refractivity contribution < 1.29 is 0 Å². The number of nitrogens with zero attached hydrogens (tertiary/aromatic N) is 1. The Morgan fingerprint density at radius 1 is 1.39 bits per heavy atom. The lowest BCUT2D eigenvalue weighted by molar-refractivity contribution is 0.317. The zero-order chi connectivity index (χ0) is 12.8. The first-order valence-electron chi connectivity index (χ1n) is 6.89. The van der Waals surface area contributed by atoms with Gasteiger partial charge >= 0.3 is 0 Å². The van der Waals surface area contributed by atoms with Gasteiger partial charge < -0.3 is 10.2 Å². The first-order valence-corrected chi connectivity index (χ1v) is 8.56. The number of nitrogens with one attached hydrogen (secondary N) is 1. The Morgan fingerprint density at radius 3 is 2.89 bits per heavy atom. The average molecular weight is 331 g/mol. The van der Waals surface area contributed by atoms with E-state index in [1.165, 1.54) is 54.5 Å². The Labute approximate surface area is 123 Å². The van der Waals surface area contributed by atoms with Crippen molar-refractivity contribution in [3.8, 4) is 0 Å². The molecule has 1 aliphatic carbocycles. The van der Waals surface area contributed by atoms with Gasteiger partial charge in [0.25, 0.3) is 0 Å². The van der Waals surface area contributed by atoms with E-state index in [0.29, 0.717) is 0 Å². The van der Waals surface area contributed by atoms with E-state index >= 15 is 0 Å². The van der Waals surface area contributed by atoms with Crippen LogP contribution in [-0.2, 0) is 6.54 Å². The molecule has 1 aromatic heterocycles. The van der Waals surface area contributed by atoms with Crippen molar-refractivity contribution in [1.82, 2.24) is 10.2 Å². The van der Waals surface area contributed by atoms with Gasteiger partial charge in [-0.1, -0.05) is 6.42 Å². The third-order valence-electron chi connectivity index (χ3n) is 3.30. The number of halogens is 1. The van der Waals surface area contributed by atoms with Crippen LogP contribution in [-0.4, -0.2) is 31.1 Å². The molecule has 0 spiro atoms. The SMILES string of the molecule is CN(CCCCCNC1CC1)Cc1csc(Br)c1. The van der Waals surface area contributed by atoms with Crippen LogP contribution < -0.4 is 5.32 Å². The molecule has 0 unspecified atom stereocenters. The molecule has 4 heteroatoms. The van der Waals surface area contributed by atoms with E-state index in [-0.39, 0.29) is 0 Å². The lowest BCUT2D eigenvalue weighted by Crippen LogP contribution is -2.20. The summed E-state index contributed by atoms with van der Waals surface area (Å²) in [5.41, 5.74) is 1.42. The summed E-state index contributed by atoms with van der Waals surface area (Å²) in [6, 6.07) is 3.09. The first kappa shape index (κ1) is 14.5. The van der Waals surface area contributed by atoms with Gasteiger partial charge in [-0.3, -0.25) is 0 Å². The molecular weight excluding hydrogens is 308 g/mol. The molecule has 1 fully saturated rings. The highest BCUT2D eigenvalue weighted by atomic mass is 79.9. The molecule has 0 saturated heterocycles. The van der Waals surface area contributed by atoms with Crippen LogP contribution in [0.1, 0.15) is 37.7 Å². The maximum Gasteiger partial charge on any atom is 0.0701 e. The first-order chi connectivity index (χ1) is 8.74. The molecule has 2 nitrogen and oxygen atoms in total. The maximum absolute atomic E-state index is 3.57. The molecule has 1 aliphatic rings. The molecule has 18 heavy (non-hydrogen) atoms. The Bertz CT molecular complexity index is 349. The quantitative estimate of drug-likeness (QED) is 0.691. The summed E-state index contributed by atoms with van der Waals surface area (Å²) in [5, 5.41) is 5.81. The Hall–Kier alpha value is 0.100. The van der Waals surface area contributed by atoms with E-state index in [9.17, 15) is 0 Å². The second-order valence-corrected chi connectivity index (χ2v) is 7.58. The Morgan fingerprint density at radius 2 is 2.22 bits per heavy atom. The van der Waals surface area contributed by atoms with Crippen molar-refractivity contribution >= 4 is 27.3 Å². The molecule has 2 rings (SSSR count). The smallest absolute Gasteiger partial charge is 0.0701 e. The predicted octanol–water partition coefficient (Wildman–Crippen LogP) is 3.86. The molecule has 0 aliphatic heterocycles. The lowest BCUT2D eigenvalue weighted by Gasteiger charge is -2.15. The molecule has 1 heterocycles. The van der Waals surface area contributed by atoms with E-state index in [0.717, 1.165) is 12.6 Å². The average Bonchev–Trinajstić information content (AvgIpc) is 3.07. The highest BCUT2D eigenvalue weighted by Crippen LogP contribution is 2.21. The lowest BCUT2D eigenvalue weighted by atomic mass is 10.2. The summed E-state index contributed by atoms with van der Waals surface area (Å²) >= 11 is 5.28.